The number of nitrogens with zero attached hydrogens (tertiary/aromatic N) is 1. The predicted molar refractivity (Wildman–Crippen MR) is 109 cm³/mol. The second-order valence-corrected chi connectivity index (χ2v) is 6.91. The minimum atomic E-state index is 0. The first kappa shape index (κ1) is 23.2. The van der Waals surface area contributed by atoms with Crippen molar-refractivity contribution in [3.05, 3.63) is 35.4 Å². The molecule has 0 bridgehead atoms. The van der Waals surface area contributed by atoms with E-state index in [2.05, 4.69) is 28.4 Å². The topological polar surface area (TPSA) is 67.6 Å². The number of amides is 1. The van der Waals surface area contributed by atoms with E-state index in [0.29, 0.717) is 19.0 Å². The van der Waals surface area contributed by atoms with Crippen LogP contribution in [0.1, 0.15) is 30.4 Å². The SMILES string of the molecule is Cl.Cl.NC[C@H]1CCC[C@H]1C(=O)NCc1ccccc1CN1CCOCC1. The summed E-state index contributed by atoms with van der Waals surface area (Å²) in [6.45, 7) is 5.70. The Morgan fingerprint density at radius 3 is 2.54 bits per heavy atom. The van der Waals surface area contributed by atoms with Gasteiger partial charge in [-0.25, -0.2) is 0 Å². The maximum atomic E-state index is 12.5. The summed E-state index contributed by atoms with van der Waals surface area (Å²) in [6, 6.07) is 8.39. The molecule has 1 aliphatic heterocycles. The van der Waals surface area contributed by atoms with Gasteiger partial charge in [-0.1, -0.05) is 30.7 Å². The fourth-order valence-electron chi connectivity index (χ4n) is 3.86. The van der Waals surface area contributed by atoms with Crippen LogP contribution in [0.4, 0.5) is 0 Å². The molecule has 1 saturated heterocycles. The summed E-state index contributed by atoms with van der Waals surface area (Å²) in [7, 11) is 0. The Morgan fingerprint density at radius 1 is 1.15 bits per heavy atom. The Kier molecular flexibility index (Phi) is 10.5. The molecule has 1 saturated carbocycles. The van der Waals surface area contributed by atoms with Gasteiger partial charge < -0.3 is 15.8 Å². The fraction of sp³-hybridized carbons (Fsp3) is 0.632. The number of nitrogens with two attached hydrogens (primary N) is 1. The molecule has 3 rings (SSSR count). The number of benzene rings is 1. The van der Waals surface area contributed by atoms with Gasteiger partial charge in [0.1, 0.15) is 0 Å². The molecule has 0 spiro atoms. The number of ether oxygens (including phenoxy) is 1. The lowest BCUT2D eigenvalue weighted by molar-refractivity contribution is -0.126. The first-order valence-corrected chi connectivity index (χ1v) is 9.12. The van der Waals surface area contributed by atoms with Gasteiger partial charge in [0.25, 0.3) is 0 Å². The largest absolute Gasteiger partial charge is 0.379 e. The minimum absolute atomic E-state index is 0. The highest BCUT2D eigenvalue weighted by molar-refractivity contribution is 5.85. The second kappa shape index (κ2) is 11.8. The smallest absolute Gasteiger partial charge is 0.223 e. The van der Waals surface area contributed by atoms with Crippen LogP contribution in [0.25, 0.3) is 0 Å². The second-order valence-electron chi connectivity index (χ2n) is 6.91. The third-order valence-electron chi connectivity index (χ3n) is 5.37. The summed E-state index contributed by atoms with van der Waals surface area (Å²) in [4.78, 5) is 14.9. The van der Waals surface area contributed by atoms with E-state index in [-0.39, 0.29) is 36.6 Å². The van der Waals surface area contributed by atoms with Crippen LogP contribution < -0.4 is 11.1 Å². The van der Waals surface area contributed by atoms with Crippen LogP contribution in [-0.2, 0) is 22.6 Å². The van der Waals surface area contributed by atoms with Gasteiger partial charge in [0.2, 0.25) is 5.91 Å². The Hall–Kier alpha value is -0.850. The number of morpholine rings is 1. The van der Waals surface area contributed by atoms with Gasteiger partial charge in [0.05, 0.1) is 13.2 Å². The van der Waals surface area contributed by atoms with Crippen molar-refractivity contribution in [3.8, 4) is 0 Å². The summed E-state index contributed by atoms with van der Waals surface area (Å²) in [5.41, 5.74) is 8.30. The van der Waals surface area contributed by atoms with Crippen molar-refractivity contribution in [3.63, 3.8) is 0 Å². The van der Waals surface area contributed by atoms with Crippen molar-refractivity contribution in [2.45, 2.75) is 32.4 Å². The fourth-order valence-corrected chi connectivity index (χ4v) is 3.86. The van der Waals surface area contributed by atoms with Gasteiger partial charge in [-0.05, 0) is 36.4 Å². The number of halogens is 2. The molecule has 0 radical (unpaired) electrons. The summed E-state index contributed by atoms with van der Waals surface area (Å²) in [5.74, 6) is 0.624. The lowest BCUT2D eigenvalue weighted by Gasteiger charge is -2.27. The number of rotatable bonds is 6. The van der Waals surface area contributed by atoms with Gasteiger partial charge in [-0.3, -0.25) is 9.69 Å². The molecule has 1 aliphatic carbocycles. The Balaban J connectivity index is 0.00000169. The number of hydrogen-bond acceptors (Lipinski definition) is 4. The molecule has 7 heteroatoms. The molecule has 2 atom stereocenters. The number of carbonyl (C=O) groups excluding carboxylic acids is 1. The van der Waals surface area contributed by atoms with Gasteiger partial charge in [-0.15, -0.1) is 24.8 Å². The van der Waals surface area contributed by atoms with Gasteiger partial charge in [0, 0.05) is 32.1 Å². The highest BCUT2D eigenvalue weighted by Gasteiger charge is 2.31. The molecule has 0 aromatic heterocycles. The van der Waals surface area contributed by atoms with Crippen molar-refractivity contribution in [2.24, 2.45) is 17.6 Å². The molecule has 1 aromatic carbocycles. The third-order valence-corrected chi connectivity index (χ3v) is 5.37. The predicted octanol–water partition coefficient (Wildman–Crippen LogP) is 2.35. The van der Waals surface area contributed by atoms with Crippen molar-refractivity contribution in [1.29, 1.82) is 0 Å². The van der Waals surface area contributed by atoms with E-state index in [1.54, 1.807) is 0 Å². The van der Waals surface area contributed by atoms with E-state index in [1.807, 2.05) is 6.07 Å². The van der Waals surface area contributed by atoms with Crippen LogP contribution in [0.5, 0.6) is 0 Å². The van der Waals surface area contributed by atoms with Crippen molar-refractivity contribution in [1.82, 2.24) is 10.2 Å². The van der Waals surface area contributed by atoms with Crippen molar-refractivity contribution < 1.29 is 9.53 Å². The average Bonchev–Trinajstić information content (AvgIpc) is 3.10. The maximum Gasteiger partial charge on any atom is 0.223 e. The van der Waals surface area contributed by atoms with E-state index in [0.717, 1.165) is 52.1 Å². The molecule has 2 aliphatic rings. The van der Waals surface area contributed by atoms with Crippen LogP contribution in [-0.4, -0.2) is 43.7 Å². The number of hydrogen-bond donors (Lipinski definition) is 2. The molecule has 1 heterocycles. The normalized spacial score (nSPS) is 23.0. The van der Waals surface area contributed by atoms with Crippen molar-refractivity contribution >= 4 is 30.7 Å². The molecule has 1 aromatic rings. The van der Waals surface area contributed by atoms with E-state index in [9.17, 15) is 4.79 Å². The zero-order chi connectivity index (χ0) is 16.8. The molecule has 5 nitrogen and oxygen atoms in total. The van der Waals surface area contributed by atoms with Gasteiger partial charge in [0.15, 0.2) is 0 Å². The van der Waals surface area contributed by atoms with E-state index >= 15 is 0 Å². The monoisotopic (exact) mass is 403 g/mol. The number of nitrogens with one attached hydrogen (secondary N) is 1. The lowest BCUT2D eigenvalue weighted by Crippen LogP contribution is -2.37. The standard InChI is InChI=1S/C19H29N3O2.2ClH/c20-12-15-6-3-7-18(15)19(23)21-13-16-4-1-2-5-17(16)14-22-8-10-24-11-9-22;;/h1-2,4-5,15,18H,3,6-14,20H2,(H,21,23);2*1H/t15-,18-;;/m1../s1. The lowest BCUT2D eigenvalue weighted by atomic mass is 9.95. The highest BCUT2D eigenvalue weighted by Crippen LogP contribution is 2.31. The van der Waals surface area contributed by atoms with E-state index < -0.39 is 0 Å². The van der Waals surface area contributed by atoms with Crippen molar-refractivity contribution in [2.75, 3.05) is 32.8 Å². The molecule has 148 valence electrons. The average molecular weight is 404 g/mol. The molecule has 26 heavy (non-hydrogen) atoms. The van der Waals surface area contributed by atoms with E-state index in [1.165, 1.54) is 11.1 Å². The quantitative estimate of drug-likeness (QED) is 0.764. The summed E-state index contributed by atoms with van der Waals surface area (Å²) >= 11 is 0. The van der Waals surface area contributed by atoms with Crippen LogP contribution in [0.3, 0.4) is 0 Å². The maximum absolute atomic E-state index is 12.5. The summed E-state index contributed by atoms with van der Waals surface area (Å²) in [5, 5.41) is 3.15. The first-order chi connectivity index (χ1) is 11.8. The van der Waals surface area contributed by atoms with Crippen LogP contribution in [0.2, 0.25) is 0 Å². The Morgan fingerprint density at radius 2 is 1.85 bits per heavy atom. The molecule has 1 amide bonds. The van der Waals surface area contributed by atoms with E-state index in [4.69, 9.17) is 10.5 Å². The van der Waals surface area contributed by atoms with Gasteiger partial charge in [-0.2, -0.15) is 0 Å². The Labute approximate surface area is 168 Å². The third kappa shape index (κ3) is 6.10. The van der Waals surface area contributed by atoms with Crippen LogP contribution in [0.15, 0.2) is 24.3 Å². The summed E-state index contributed by atoms with van der Waals surface area (Å²) < 4.78 is 5.42. The molecule has 2 fully saturated rings. The summed E-state index contributed by atoms with van der Waals surface area (Å²) in [6.07, 6.45) is 3.18. The zero-order valence-corrected chi connectivity index (χ0v) is 16.8. The molecule has 3 N–H and O–H groups in total. The molecular weight excluding hydrogens is 373 g/mol. The first-order valence-electron chi connectivity index (χ1n) is 9.12. The molecular formula is C19H31Cl2N3O2. The number of carbonyl (C=O) groups is 1. The Bertz CT molecular complexity index is 553. The highest BCUT2D eigenvalue weighted by atomic mass is 35.5. The van der Waals surface area contributed by atoms with Crippen LogP contribution >= 0.6 is 24.8 Å². The van der Waals surface area contributed by atoms with Crippen LogP contribution in [0, 0.1) is 11.8 Å². The zero-order valence-electron chi connectivity index (χ0n) is 15.2. The van der Waals surface area contributed by atoms with Gasteiger partial charge >= 0.3 is 0 Å². The minimum Gasteiger partial charge on any atom is -0.379 e. The molecule has 0 unspecified atom stereocenters.